The lowest BCUT2D eigenvalue weighted by molar-refractivity contribution is 0.163. The van der Waals surface area contributed by atoms with E-state index in [9.17, 15) is 4.79 Å². The molecule has 0 aliphatic heterocycles. The first kappa shape index (κ1) is 20.5. The molecular weight excluding hydrogens is 390 g/mol. The maximum Gasteiger partial charge on any atom is 0.291 e. The molecule has 1 heterocycles. The van der Waals surface area contributed by atoms with E-state index in [1.165, 1.54) is 11.8 Å². The molecule has 0 aliphatic rings. The van der Waals surface area contributed by atoms with E-state index in [0.29, 0.717) is 22.6 Å². The molecule has 0 aliphatic carbocycles. The Morgan fingerprint density at radius 2 is 1.16 bits per heavy atom. The Balaban J connectivity index is 2.23. The molecule has 3 aromatic carbocycles. The van der Waals surface area contributed by atoms with Crippen LogP contribution < -0.4 is 19.9 Å². The summed E-state index contributed by atoms with van der Waals surface area (Å²) in [6.45, 7) is 4.08. The Kier molecular flexibility index (Phi) is 5.42. The van der Waals surface area contributed by atoms with Crippen molar-refractivity contribution in [1.29, 1.82) is 0 Å². The Bertz CT molecular complexity index is 1300. The van der Waals surface area contributed by atoms with Crippen molar-refractivity contribution in [1.82, 2.24) is 4.73 Å². The average Bonchev–Trinajstić information content (AvgIpc) is 2.79. The smallest absolute Gasteiger partial charge is 0.291 e. The highest BCUT2D eigenvalue weighted by atomic mass is 16.6. The van der Waals surface area contributed by atoms with Crippen LogP contribution in [0.1, 0.15) is 11.1 Å². The van der Waals surface area contributed by atoms with Crippen LogP contribution in [0.5, 0.6) is 11.5 Å². The molecule has 5 heteroatoms. The number of pyridine rings is 1. The molecule has 4 aromatic rings. The highest BCUT2D eigenvalue weighted by Gasteiger charge is 2.22. The molecular formula is C26H25NO4. The van der Waals surface area contributed by atoms with Crippen LogP contribution >= 0.6 is 0 Å². The van der Waals surface area contributed by atoms with E-state index >= 15 is 0 Å². The molecule has 5 nitrogen and oxygen atoms in total. The van der Waals surface area contributed by atoms with Crippen LogP contribution in [0.2, 0.25) is 0 Å². The lowest BCUT2D eigenvalue weighted by atomic mass is 9.93. The van der Waals surface area contributed by atoms with E-state index in [1.807, 2.05) is 44.2 Å². The first-order valence-electron chi connectivity index (χ1n) is 10.0. The van der Waals surface area contributed by atoms with Gasteiger partial charge < -0.3 is 14.3 Å². The molecule has 0 radical (unpaired) electrons. The van der Waals surface area contributed by atoms with Crippen LogP contribution in [0.4, 0.5) is 0 Å². The van der Waals surface area contributed by atoms with Gasteiger partial charge in [-0.1, -0.05) is 59.7 Å². The van der Waals surface area contributed by atoms with Crippen molar-refractivity contribution in [3.05, 3.63) is 82.1 Å². The van der Waals surface area contributed by atoms with Gasteiger partial charge in [0.25, 0.3) is 5.56 Å². The molecule has 0 bridgehead atoms. The van der Waals surface area contributed by atoms with E-state index in [-0.39, 0.29) is 5.56 Å². The second-order valence-corrected chi connectivity index (χ2v) is 7.49. The predicted molar refractivity (Wildman–Crippen MR) is 124 cm³/mol. The number of hydrogen-bond acceptors (Lipinski definition) is 4. The van der Waals surface area contributed by atoms with Crippen LogP contribution in [0.25, 0.3) is 33.2 Å². The fraction of sp³-hybridized carbons (Fsp3) is 0.192. The van der Waals surface area contributed by atoms with Gasteiger partial charge in [0.1, 0.15) is 7.11 Å². The van der Waals surface area contributed by atoms with Crippen molar-refractivity contribution < 1.29 is 14.3 Å². The summed E-state index contributed by atoms with van der Waals surface area (Å²) in [4.78, 5) is 19.1. The molecule has 1 aromatic heterocycles. The summed E-state index contributed by atoms with van der Waals surface area (Å²) < 4.78 is 12.4. The van der Waals surface area contributed by atoms with Crippen molar-refractivity contribution in [3.63, 3.8) is 0 Å². The molecule has 0 amide bonds. The monoisotopic (exact) mass is 415 g/mol. The largest absolute Gasteiger partial charge is 0.493 e. The summed E-state index contributed by atoms with van der Waals surface area (Å²) in [6.07, 6.45) is 0. The van der Waals surface area contributed by atoms with Gasteiger partial charge in [-0.25, -0.2) is 0 Å². The fourth-order valence-corrected chi connectivity index (χ4v) is 3.86. The number of rotatable bonds is 5. The number of ether oxygens (including phenoxy) is 2. The summed E-state index contributed by atoms with van der Waals surface area (Å²) in [5.41, 5.74) is 5.48. The maximum absolute atomic E-state index is 13.5. The molecule has 0 atom stereocenters. The minimum atomic E-state index is -0.259. The van der Waals surface area contributed by atoms with Crippen molar-refractivity contribution in [2.45, 2.75) is 13.8 Å². The van der Waals surface area contributed by atoms with Crippen molar-refractivity contribution in [2.75, 3.05) is 21.3 Å². The number of aromatic nitrogens is 1. The lowest BCUT2D eigenvalue weighted by Crippen LogP contribution is -2.27. The number of aryl methyl sites for hydroxylation is 2. The van der Waals surface area contributed by atoms with Gasteiger partial charge in [0.05, 0.1) is 25.3 Å². The van der Waals surface area contributed by atoms with Gasteiger partial charge >= 0.3 is 0 Å². The van der Waals surface area contributed by atoms with Gasteiger partial charge in [0.2, 0.25) is 0 Å². The summed E-state index contributed by atoms with van der Waals surface area (Å²) >= 11 is 0. The minimum Gasteiger partial charge on any atom is -0.493 e. The van der Waals surface area contributed by atoms with E-state index in [4.69, 9.17) is 14.3 Å². The van der Waals surface area contributed by atoms with Crippen LogP contribution in [0, 0.1) is 13.8 Å². The maximum atomic E-state index is 13.5. The standard InChI is InChI=1S/C26H25NO4/c1-16-6-10-18(11-7-16)24-20-14-22(29-3)23(30-4)15-21(20)26(28)27(31-5)25(24)19-12-8-17(2)9-13-19/h6-15H,1-5H3. The summed E-state index contributed by atoms with van der Waals surface area (Å²) in [5, 5.41) is 1.27. The molecule has 0 saturated heterocycles. The number of methoxy groups -OCH3 is 2. The van der Waals surface area contributed by atoms with Crippen LogP contribution in [-0.2, 0) is 0 Å². The SMILES string of the molecule is COc1cc2c(-c3ccc(C)cc3)c(-c3ccc(C)cc3)n(OC)c(=O)c2cc1OC. The van der Waals surface area contributed by atoms with E-state index in [0.717, 1.165) is 33.2 Å². The van der Waals surface area contributed by atoms with Crippen LogP contribution in [0.15, 0.2) is 65.5 Å². The molecule has 158 valence electrons. The van der Waals surface area contributed by atoms with Gasteiger partial charge in [0.15, 0.2) is 11.5 Å². The topological polar surface area (TPSA) is 49.7 Å². The van der Waals surface area contributed by atoms with Crippen LogP contribution in [-0.4, -0.2) is 26.1 Å². The second-order valence-electron chi connectivity index (χ2n) is 7.49. The van der Waals surface area contributed by atoms with Crippen molar-refractivity contribution in [3.8, 4) is 33.9 Å². The highest BCUT2D eigenvalue weighted by Crippen LogP contribution is 2.40. The zero-order valence-electron chi connectivity index (χ0n) is 18.4. The van der Waals surface area contributed by atoms with E-state index < -0.39 is 0 Å². The molecule has 0 spiro atoms. The second kappa shape index (κ2) is 8.19. The molecule has 0 N–H and O–H groups in total. The number of hydrogen-bond donors (Lipinski definition) is 0. The Morgan fingerprint density at radius 1 is 0.677 bits per heavy atom. The van der Waals surface area contributed by atoms with Crippen LogP contribution in [0.3, 0.4) is 0 Å². The fourth-order valence-electron chi connectivity index (χ4n) is 3.86. The first-order chi connectivity index (χ1) is 15.0. The third-order valence-corrected chi connectivity index (χ3v) is 5.50. The normalized spacial score (nSPS) is 10.9. The predicted octanol–water partition coefficient (Wildman–Crippen LogP) is 5.03. The molecule has 31 heavy (non-hydrogen) atoms. The first-order valence-corrected chi connectivity index (χ1v) is 10.0. The van der Waals surface area contributed by atoms with Gasteiger partial charge in [0, 0.05) is 16.5 Å². The molecule has 4 rings (SSSR count). The van der Waals surface area contributed by atoms with Gasteiger partial charge in [-0.3, -0.25) is 4.79 Å². The number of benzene rings is 3. The van der Waals surface area contributed by atoms with Crippen molar-refractivity contribution in [2.24, 2.45) is 0 Å². The summed E-state index contributed by atoms with van der Waals surface area (Å²) in [7, 11) is 4.65. The Labute approximate surface area is 181 Å². The quantitative estimate of drug-likeness (QED) is 0.459. The Hall–Kier alpha value is -3.73. The Morgan fingerprint density at radius 3 is 1.65 bits per heavy atom. The van der Waals surface area contributed by atoms with E-state index in [2.05, 4.69) is 24.3 Å². The molecule has 0 saturated carbocycles. The number of fused-ring (bicyclic) bond motifs is 1. The minimum absolute atomic E-state index is 0.259. The molecule has 0 unspecified atom stereocenters. The van der Waals surface area contributed by atoms with Gasteiger partial charge in [-0.05, 0) is 31.5 Å². The summed E-state index contributed by atoms with van der Waals surface area (Å²) in [5.74, 6) is 1.06. The third-order valence-electron chi connectivity index (χ3n) is 5.50. The molecule has 0 fully saturated rings. The highest BCUT2D eigenvalue weighted by molar-refractivity contribution is 6.03. The zero-order chi connectivity index (χ0) is 22.1. The zero-order valence-corrected chi connectivity index (χ0v) is 18.4. The third kappa shape index (κ3) is 3.52. The summed E-state index contributed by atoms with van der Waals surface area (Å²) in [6, 6.07) is 19.9. The lowest BCUT2D eigenvalue weighted by Gasteiger charge is -2.20. The van der Waals surface area contributed by atoms with Gasteiger partial charge in [-0.15, -0.1) is 4.73 Å². The average molecular weight is 415 g/mol. The number of nitrogens with zero attached hydrogens (tertiary/aromatic N) is 1. The van der Waals surface area contributed by atoms with E-state index in [1.54, 1.807) is 20.3 Å². The van der Waals surface area contributed by atoms with Gasteiger partial charge in [-0.2, -0.15) is 0 Å². The van der Waals surface area contributed by atoms with Crippen molar-refractivity contribution >= 4 is 10.8 Å².